The Balaban J connectivity index is 1.66. The van der Waals surface area contributed by atoms with Crippen LogP contribution in [0.5, 0.6) is 5.75 Å². The van der Waals surface area contributed by atoms with E-state index in [1.165, 1.54) is 63.0 Å². The number of nitrogens with zero attached hydrogens (tertiary/aromatic N) is 1. The average molecular weight is 480 g/mol. The zero-order valence-corrected chi connectivity index (χ0v) is 22.0. The third-order valence-electron chi connectivity index (χ3n) is 6.04. The van der Waals surface area contributed by atoms with Crippen LogP contribution >= 0.6 is 0 Å². The van der Waals surface area contributed by atoms with E-state index >= 15 is 0 Å². The van der Waals surface area contributed by atoms with Gasteiger partial charge in [0.05, 0.1) is 11.9 Å². The van der Waals surface area contributed by atoms with Crippen molar-refractivity contribution < 1.29 is 14.3 Å². The van der Waals surface area contributed by atoms with Crippen LogP contribution in [0.3, 0.4) is 0 Å². The zero-order valence-electron chi connectivity index (χ0n) is 22.0. The summed E-state index contributed by atoms with van der Waals surface area (Å²) >= 11 is 0. The van der Waals surface area contributed by atoms with Gasteiger partial charge in [0, 0.05) is 24.9 Å². The van der Waals surface area contributed by atoms with Gasteiger partial charge in [0.15, 0.2) is 0 Å². The van der Waals surface area contributed by atoms with E-state index < -0.39 is 0 Å². The summed E-state index contributed by atoms with van der Waals surface area (Å²) in [6, 6.07) is 12.3. The highest BCUT2D eigenvalue weighted by atomic mass is 16.5. The van der Waals surface area contributed by atoms with E-state index in [4.69, 9.17) is 9.47 Å². The lowest BCUT2D eigenvalue weighted by Gasteiger charge is -2.06. The molecule has 0 unspecified atom stereocenters. The highest BCUT2D eigenvalue weighted by Gasteiger charge is 2.04. The summed E-state index contributed by atoms with van der Waals surface area (Å²) < 4.78 is 10.9. The third-order valence-corrected chi connectivity index (χ3v) is 6.04. The van der Waals surface area contributed by atoms with Crippen molar-refractivity contribution in [1.29, 1.82) is 0 Å². The number of hydrogen-bond donors (Lipinski definition) is 0. The first-order chi connectivity index (χ1) is 17.2. The largest absolute Gasteiger partial charge is 0.422 e. The number of aromatic nitrogens is 1. The van der Waals surface area contributed by atoms with E-state index in [0.29, 0.717) is 5.75 Å². The number of allylic oxidation sites excluding steroid dienone is 1. The Kier molecular flexibility index (Phi) is 15.5. The van der Waals surface area contributed by atoms with Crippen LogP contribution in [-0.2, 0) is 16.0 Å². The molecular weight excluding hydrogens is 434 g/mol. The molecule has 0 atom stereocenters. The lowest BCUT2D eigenvalue weighted by molar-refractivity contribution is -0.129. The van der Waals surface area contributed by atoms with Gasteiger partial charge in [0.25, 0.3) is 0 Å². The Morgan fingerprint density at radius 1 is 0.800 bits per heavy atom. The smallest absolute Gasteiger partial charge is 0.335 e. The summed E-state index contributed by atoms with van der Waals surface area (Å²) in [6.07, 6.45) is 20.6. The fraction of sp³-hybridized carbons (Fsp3) is 0.548. The molecule has 4 heteroatoms. The van der Waals surface area contributed by atoms with Gasteiger partial charge in [-0.15, -0.1) is 0 Å². The van der Waals surface area contributed by atoms with Crippen LogP contribution in [0, 0.1) is 0 Å². The predicted octanol–water partition coefficient (Wildman–Crippen LogP) is 8.49. The molecule has 0 spiro atoms. The second kappa shape index (κ2) is 18.8. The van der Waals surface area contributed by atoms with E-state index in [0.717, 1.165) is 56.6 Å². The molecule has 0 amide bonds. The maximum absolute atomic E-state index is 12.0. The van der Waals surface area contributed by atoms with Crippen LogP contribution in [0.25, 0.3) is 11.3 Å². The predicted molar refractivity (Wildman–Crippen MR) is 146 cm³/mol. The molecule has 0 N–H and O–H groups in total. The quantitative estimate of drug-likeness (QED) is 0.115. The molecule has 0 aliphatic heterocycles. The molecule has 2 rings (SSSR count). The molecule has 0 radical (unpaired) electrons. The SMILES string of the molecule is CCCCCCCCCC=CC(=O)Oc1ccc(-c2ccc(CCCCCOCCC)cc2)nc1. The number of carbonyl (C=O) groups is 1. The first kappa shape index (κ1) is 28.8. The minimum Gasteiger partial charge on any atom is -0.422 e. The van der Waals surface area contributed by atoms with E-state index in [2.05, 4.69) is 43.1 Å². The summed E-state index contributed by atoms with van der Waals surface area (Å²) in [4.78, 5) is 16.5. The summed E-state index contributed by atoms with van der Waals surface area (Å²) in [6.45, 7) is 6.12. The number of hydrogen-bond acceptors (Lipinski definition) is 4. The molecule has 0 bridgehead atoms. The van der Waals surface area contributed by atoms with Crippen molar-refractivity contribution in [2.45, 2.75) is 97.3 Å². The van der Waals surface area contributed by atoms with Gasteiger partial charge in [-0.25, -0.2) is 4.79 Å². The lowest BCUT2D eigenvalue weighted by atomic mass is 10.0. The standard InChI is InChI=1S/C31H45NO3/c1-3-5-6-7-8-9-10-11-14-17-31(33)35-29-22-23-30(32-26-29)28-20-18-27(19-21-28)16-13-12-15-25-34-24-4-2/h14,17-23,26H,3-13,15-16,24-25H2,1-2H3. The molecule has 4 nitrogen and oxygen atoms in total. The zero-order chi connectivity index (χ0) is 25.0. The highest BCUT2D eigenvalue weighted by molar-refractivity contribution is 5.84. The van der Waals surface area contributed by atoms with Crippen molar-refractivity contribution in [2.24, 2.45) is 0 Å². The van der Waals surface area contributed by atoms with Gasteiger partial charge >= 0.3 is 5.97 Å². The maximum atomic E-state index is 12.0. The third kappa shape index (κ3) is 13.3. The molecule has 0 aliphatic carbocycles. The minimum absolute atomic E-state index is 0.344. The Morgan fingerprint density at radius 2 is 1.54 bits per heavy atom. The fourth-order valence-electron chi connectivity index (χ4n) is 3.96. The fourth-order valence-corrected chi connectivity index (χ4v) is 3.96. The monoisotopic (exact) mass is 479 g/mol. The second-order valence-electron chi connectivity index (χ2n) is 9.23. The summed E-state index contributed by atoms with van der Waals surface area (Å²) in [5.74, 6) is 0.127. The Hall–Kier alpha value is -2.46. The van der Waals surface area contributed by atoms with Crippen LogP contribution in [0.15, 0.2) is 54.7 Å². The van der Waals surface area contributed by atoms with Crippen LogP contribution < -0.4 is 4.74 Å². The number of aryl methyl sites for hydroxylation is 1. The van der Waals surface area contributed by atoms with Crippen molar-refractivity contribution >= 4 is 5.97 Å². The molecule has 0 saturated carbocycles. The van der Waals surface area contributed by atoms with E-state index in [1.807, 2.05) is 12.1 Å². The van der Waals surface area contributed by atoms with Gasteiger partial charge in [-0.1, -0.05) is 89.1 Å². The van der Waals surface area contributed by atoms with Gasteiger partial charge in [0.1, 0.15) is 5.75 Å². The number of benzene rings is 1. The number of pyridine rings is 1. The van der Waals surface area contributed by atoms with Crippen molar-refractivity contribution in [3.63, 3.8) is 0 Å². The van der Waals surface area contributed by atoms with Gasteiger partial charge in [0.2, 0.25) is 0 Å². The lowest BCUT2D eigenvalue weighted by Crippen LogP contribution is -2.04. The van der Waals surface area contributed by atoms with Gasteiger partial charge in [-0.05, 0) is 56.2 Å². The van der Waals surface area contributed by atoms with Crippen molar-refractivity contribution in [3.8, 4) is 17.0 Å². The molecule has 0 fully saturated rings. The number of ether oxygens (including phenoxy) is 2. The van der Waals surface area contributed by atoms with Crippen molar-refractivity contribution in [3.05, 3.63) is 60.3 Å². The van der Waals surface area contributed by atoms with Crippen LogP contribution in [0.2, 0.25) is 0 Å². The number of unbranched alkanes of at least 4 members (excludes halogenated alkanes) is 9. The molecular formula is C31H45NO3. The van der Waals surface area contributed by atoms with E-state index in [1.54, 1.807) is 12.3 Å². The topological polar surface area (TPSA) is 48.4 Å². The maximum Gasteiger partial charge on any atom is 0.335 e. The molecule has 0 saturated heterocycles. The molecule has 1 heterocycles. The number of esters is 1. The summed E-state index contributed by atoms with van der Waals surface area (Å²) in [7, 11) is 0. The minimum atomic E-state index is -0.344. The molecule has 0 aliphatic rings. The molecule has 2 aromatic rings. The van der Waals surface area contributed by atoms with Crippen LogP contribution in [-0.4, -0.2) is 24.2 Å². The molecule has 192 valence electrons. The van der Waals surface area contributed by atoms with E-state index in [-0.39, 0.29) is 5.97 Å². The average Bonchev–Trinajstić information content (AvgIpc) is 2.88. The van der Waals surface area contributed by atoms with E-state index in [9.17, 15) is 4.79 Å². The number of carbonyl (C=O) groups excluding carboxylic acids is 1. The van der Waals surface area contributed by atoms with Gasteiger partial charge < -0.3 is 9.47 Å². The number of rotatable bonds is 19. The Morgan fingerprint density at radius 3 is 2.26 bits per heavy atom. The molecule has 1 aromatic heterocycles. The summed E-state index contributed by atoms with van der Waals surface area (Å²) in [5.41, 5.74) is 3.28. The normalized spacial score (nSPS) is 11.3. The Bertz CT molecular complexity index is 827. The first-order valence-electron chi connectivity index (χ1n) is 13.7. The van der Waals surface area contributed by atoms with Crippen LogP contribution in [0.1, 0.15) is 96.5 Å². The van der Waals surface area contributed by atoms with Gasteiger partial charge in [-0.2, -0.15) is 0 Å². The van der Waals surface area contributed by atoms with Crippen LogP contribution in [0.4, 0.5) is 0 Å². The second-order valence-corrected chi connectivity index (χ2v) is 9.23. The Labute approximate surface area is 213 Å². The first-order valence-corrected chi connectivity index (χ1v) is 13.7. The highest BCUT2D eigenvalue weighted by Crippen LogP contribution is 2.21. The molecule has 1 aromatic carbocycles. The molecule has 35 heavy (non-hydrogen) atoms. The van der Waals surface area contributed by atoms with Crippen molar-refractivity contribution in [2.75, 3.05) is 13.2 Å². The van der Waals surface area contributed by atoms with Gasteiger partial charge in [-0.3, -0.25) is 4.98 Å². The van der Waals surface area contributed by atoms with Crippen molar-refractivity contribution in [1.82, 2.24) is 4.98 Å². The summed E-state index contributed by atoms with van der Waals surface area (Å²) in [5, 5.41) is 0.